The summed E-state index contributed by atoms with van der Waals surface area (Å²) in [5, 5.41) is 8.99. The summed E-state index contributed by atoms with van der Waals surface area (Å²) < 4.78 is 18.6. The largest absolute Gasteiger partial charge is 0.481 e. The lowest BCUT2D eigenvalue weighted by atomic mass is 10.3. The second-order valence-electron chi connectivity index (χ2n) is 6.52. The number of halogens is 1. The summed E-state index contributed by atoms with van der Waals surface area (Å²) in [4.78, 5) is 24.8. The number of benzene rings is 1. The minimum absolute atomic E-state index is 0.0466. The van der Waals surface area contributed by atoms with Crippen molar-refractivity contribution >= 4 is 23.4 Å². The number of carbonyl (C=O) groups is 1. The van der Waals surface area contributed by atoms with Gasteiger partial charge in [0, 0.05) is 25.4 Å². The molecule has 0 radical (unpaired) electrons. The zero-order valence-corrected chi connectivity index (χ0v) is 16.8. The normalized spacial score (nSPS) is 10.4. The molecule has 2 heterocycles. The second kappa shape index (κ2) is 10.1. The lowest BCUT2D eigenvalue weighted by Crippen LogP contribution is -2.32. The van der Waals surface area contributed by atoms with Gasteiger partial charge in [-0.1, -0.05) is 12.1 Å². The molecule has 0 aliphatic rings. The Labute approximate surface area is 173 Å². The number of pyridine rings is 1. The molecule has 9 heteroatoms. The van der Waals surface area contributed by atoms with Crippen LogP contribution in [0.3, 0.4) is 0 Å². The maximum Gasteiger partial charge on any atom is 0.258 e. The number of nitrogens with zero attached hydrogens (tertiary/aromatic N) is 3. The maximum atomic E-state index is 13.5. The lowest BCUT2D eigenvalue weighted by Gasteiger charge is -2.11. The number of hydrogen-bond acceptors (Lipinski definition) is 7. The Hall–Kier alpha value is -3.75. The van der Waals surface area contributed by atoms with Crippen LogP contribution in [0, 0.1) is 19.7 Å². The lowest BCUT2D eigenvalue weighted by molar-refractivity contribution is -0.123. The van der Waals surface area contributed by atoms with E-state index in [1.54, 1.807) is 31.3 Å². The average Bonchev–Trinajstić information content (AvgIpc) is 2.70. The van der Waals surface area contributed by atoms with Gasteiger partial charge in [0.1, 0.15) is 23.3 Å². The third kappa shape index (κ3) is 6.40. The number of nitrogens with one attached hydrogen (secondary N) is 3. The highest BCUT2D eigenvalue weighted by Gasteiger charge is 2.07. The molecule has 3 N–H and O–H groups in total. The molecule has 0 bridgehead atoms. The number of hydrogen-bond donors (Lipinski definition) is 3. The molecule has 0 spiro atoms. The van der Waals surface area contributed by atoms with Gasteiger partial charge >= 0.3 is 0 Å². The zero-order valence-electron chi connectivity index (χ0n) is 16.8. The van der Waals surface area contributed by atoms with E-state index in [9.17, 15) is 9.18 Å². The van der Waals surface area contributed by atoms with E-state index in [0.717, 1.165) is 5.56 Å². The van der Waals surface area contributed by atoms with Gasteiger partial charge in [-0.05, 0) is 43.7 Å². The van der Waals surface area contributed by atoms with Crippen LogP contribution in [0.1, 0.15) is 11.4 Å². The Morgan fingerprint density at radius 2 is 1.83 bits per heavy atom. The molecule has 0 aliphatic heterocycles. The summed E-state index contributed by atoms with van der Waals surface area (Å²) in [5.41, 5.74) is 1.09. The maximum absolute atomic E-state index is 13.5. The van der Waals surface area contributed by atoms with Crippen LogP contribution < -0.4 is 20.7 Å². The monoisotopic (exact) mass is 410 g/mol. The van der Waals surface area contributed by atoms with Crippen LogP contribution in [0.4, 0.5) is 21.8 Å². The molecule has 0 atom stereocenters. The fourth-order valence-corrected chi connectivity index (χ4v) is 2.61. The summed E-state index contributed by atoms with van der Waals surface area (Å²) >= 11 is 0. The number of anilines is 3. The van der Waals surface area contributed by atoms with Crippen LogP contribution in [-0.4, -0.2) is 40.6 Å². The van der Waals surface area contributed by atoms with Crippen LogP contribution >= 0.6 is 0 Å². The molecule has 8 nitrogen and oxygen atoms in total. The molecular formula is C21H23FN6O2. The number of aromatic nitrogens is 3. The second-order valence-corrected chi connectivity index (χ2v) is 6.52. The van der Waals surface area contributed by atoms with Gasteiger partial charge in [0.15, 0.2) is 18.2 Å². The molecule has 1 amide bonds. The minimum atomic E-state index is -0.503. The van der Waals surface area contributed by atoms with E-state index in [0.29, 0.717) is 36.4 Å². The standard InChI is InChI=1S/C21H23FN6O2/c1-14-7-8-23-18(11-14)28-20-12-19(26-15(2)27-20)24-9-10-25-21(29)13-30-17-6-4-3-5-16(17)22/h3-8,11-12H,9-10,13H2,1-2H3,(H,25,29)(H2,23,24,26,27,28). The van der Waals surface area contributed by atoms with Crippen LogP contribution in [0.5, 0.6) is 5.75 Å². The van der Waals surface area contributed by atoms with E-state index in [2.05, 4.69) is 30.9 Å². The van der Waals surface area contributed by atoms with Crippen molar-refractivity contribution in [1.29, 1.82) is 0 Å². The number of aryl methyl sites for hydroxylation is 2. The molecule has 1 aromatic carbocycles. The van der Waals surface area contributed by atoms with Gasteiger partial charge in [0.25, 0.3) is 5.91 Å². The molecule has 0 saturated carbocycles. The summed E-state index contributed by atoms with van der Waals surface area (Å²) in [6.45, 7) is 4.32. The van der Waals surface area contributed by atoms with Gasteiger partial charge < -0.3 is 20.7 Å². The van der Waals surface area contributed by atoms with Gasteiger partial charge in [0.05, 0.1) is 0 Å². The predicted octanol–water partition coefficient (Wildman–Crippen LogP) is 2.98. The number of ether oxygens (including phenoxy) is 1. The van der Waals surface area contributed by atoms with E-state index in [1.165, 1.54) is 12.1 Å². The summed E-state index contributed by atoms with van der Waals surface area (Å²) in [7, 11) is 0. The number of para-hydroxylation sites is 1. The number of rotatable bonds is 9. The van der Waals surface area contributed by atoms with Crippen LogP contribution in [0.2, 0.25) is 0 Å². The van der Waals surface area contributed by atoms with Crippen molar-refractivity contribution in [3.63, 3.8) is 0 Å². The fourth-order valence-electron chi connectivity index (χ4n) is 2.61. The third-order valence-electron chi connectivity index (χ3n) is 3.96. The molecule has 3 rings (SSSR count). The van der Waals surface area contributed by atoms with Crippen LogP contribution in [0.15, 0.2) is 48.7 Å². The van der Waals surface area contributed by atoms with Gasteiger partial charge in [-0.25, -0.2) is 19.3 Å². The van der Waals surface area contributed by atoms with E-state index >= 15 is 0 Å². The number of carbonyl (C=O) groups excluding carboxylic acids is 1. The molecule has 0 aliphatic carbocycles. The van der Waals surface area contributed by atoms with Crippen molar-refractivity contribution in [1.82, 2.24) is 20.3 Å². The van der Waals surface area contributed by atoms with Crippen molar-refractivity contribution in [2.75, 3.05) is 30.3 Å². The zero-order chi connectivity index (χ0) is 21.3. The fraction of sp³-hybridized carbons (Fsp3) is 0.238. The van der Waals surface area contributed by atoms with Gasteiger partial charge in [-0.15, -0.1) is 0 Å². The summed E-state index contributed by atoms with van der Waals surface area (Å²) in [6, 6.07) is 11.5. The Morgan fingerprint density at radius 3 is 2.63 bits per heavy atom. The molecule has 0 unspecified atom stereocenters. The molecule has 3 aromatic rings. The quantitative estimate of drug-likeness (QED) is 0.466. The van der Waals surface area contributed by atoms with Gasteiger partial charge in [-0.3, -0.25) is 4.79 Å². The average molecular weight is 410 g/mol. The Bertz CT molecular complexity index is 1010. The minimum Gasteiger partial charge on any atom is -0.481 e. The highest BCUT2D eigenvalue weighted by molar-refractivity contribution is 5.77. The van der Waals surface area contributed by atoms with E-state index < -0.39 is 5.82 Å². The Morgan fingerprint density at radius 1 is 1.03 bits per heavy atom. The number of amides is 1. The van der Waals surface area contributed by atoms with Crippen molar-refractivity contribution in [3.05, 3.63) is 65.9 Å². The molecule has 156 valence electrons. The smallest absolute Gasteiger partial charge is 0.258 e. The highest BCUT2D eigenvalue weighted by Crippen LogP contribution is 2.16. The van der Waals surface area contributed by atoms with Gasteiger partial charge in [0.2, 0.25) is 0 Å². The van der Waals surface area contributed by atoms with Crippen LogP contribution in [0.25, 0.3) is 0 Å². The molecular weight excluding hydrogens is 387 g/mol. The summed E-state index contributed by atoms with van der Waals surface area (Å²) in [6.07, 6.45) is 1.73. The summed E-state index contributed by atoms with van der Waals surface area (Å²) in [5.74, 6) is 1.73. The molecule has 0 fully saturated rings. The van der Waals surface area contributed by atoms with Crippen molar-refractivity contribution in [2.45, 2.75) is 13.8 Å². The van der Waals surface area contributed by atoms with Crippen molar-refractivity contribution < 1.29 is 13.9 Å². The predicted molar refractivity (Wildman–Crippen MR) is 112 cm³/mol. The topological polar surface area (TPSA) is 101 Å². The molecule has 30 heavy (non-hydrogen) atoms. The van der Waals surface area contributed by atoms with E-state index in [1.807, 2.05) is 19.1 Å². The van der Waals surface area contributed by atoms with Crippen molar-refractivity contribution in [2.24, 2.45) is 0 Å². The molecule has 2 aromatic heterocycles. The first-order valence-corrected chi connectivity index (χ1v) is 9.43. The third-order valence-corrected chi connectivity index (χ3v) is 3.96. The van der Waals surface area contributed by atoms with E-state index in [-0.39, 0.29) is 18.3 Å². The van der Waals surface area contributed by atoms with E-state index in [4.69, 9.17) is 4.74 Å². The van der Waals surface area contributed by atoms with Crippen LogP contribution in [-0.2, 0) is 4.79 Å². The first-order chi connectivity index (χ1) is 14.5. The first-order valence-electron chi connectivity index (χ1n) is 9.43. The van der Waals surface area contributed by atoms with Crippen molar-refractivity contribution in [3.8, 4) is 5.75 Å². The Balaban J connectivity index is 1.45. The molecule has 0 saturated heterocycles. The highest BCUT2D eigenvalue weighted by atomic mass is 19.1. The van der Waals surface area contributed by atoms with Gasteiger partial charge in [-0.2, -0.15) is 0 Å². The first kappa shape index (κ1) is 21.0. The Kier molecular flexibility index (Phi) is 7.09. The SMILES string of the molecule is Cc1ccnc(Nc2cc(NCCNC(=O)COc3ccccc3F)nc(C)n2)c1.